The Morgan fingerprint density at radius 3 is 2.50 bits per heavy atom. The third-order valence-corrected chi connectivity index (χ3v) is 6.05. The zero-order chi connectivity index (χ0) is 15.7. The summed E-state index contributed by atoms with van der Waals surface area (Å²) in [5.74, 6) is -0.229. The van der Waals surface area contributed by atoms with E-state index in [-0.39, 0.29) is 30.0 Å². The second kappa shape index (κ2) is 6.19. The number of piperidine rings is 1. The predicted molar refractivity (Wildman–Crippen MR) is 81.4 cm³/mol. The van der Waals surface area contributed by atoms with E-state index in [9.17, 15) is 9.59 Å². The molecule has 0 bridgehead atoms. The number of hydrogen-bond acceptors (Lipinski definition) is 3. The number of carbonyl (C=O) groups is 2. The second-order valence-electron chi connectivity index (χ2n) is 7.45. The number of amides is 1. The van der Waals surface area contributed by atoms with Gasteiger partial charge in [-0.3, -0.25) is 9.59 Å². The maximum Gasteiger partial charge on any atom is 0.307 e. The molecule has 1 N–H and O–H groups in total. The molecule has 2 saturated carbocycles. The largest absolute Gasteiger partial charge is 0.481 e. The molecule has 22 heavy (non-hydrogen) atoms. The van der Waals surface area contributed by atoms with Crippen molar-refractivity contribution < 1.29 is 19.4 Å². The molecule has 3 atom stereocenters. The lowest BCUT2D eigenvalue weighted by atomic mass is 9.88. The molecule has 3 unspecified atom stereocenters. The van der Waals surface area contributed by atoms with E-state index < -0.39 is 5.97 Å². The van der Waals surface area contributed by atoms with Gasteiger partial charge >= 0.3 is 5.97 Å². The molecular weight excluding hydrogens is 282 g/mol. The summed E-state index contributed by atoms with van der Waals surface area (Å²) < 4.78 is 5.85. The maximum atomic E-state index is 12.3. The van der Waals surface area contributed by atoms with Gasteiger partial charge in [-0.2, -0.15) is 0 Å². The summed E-state index contributed by atoms with van der Waals surface area (Å²) in [5, 5.41) is 9.10. The first-order valence-corrected chi connectivity index (χ1v) is 8.64. The first kappa shape index (κ1) is 15.8. The Morgan fingerprint density at radius 1 is 1.23 bits per heavy atom. The number of likely N-dealkylation sites (tertiary alicyclic amines) is 1. The van der Waals surface area contributed by atoms with E-state index in [1.807, 2.05) is 4.90 Å². The highest BCUT2D eigenvalue weighted by atomic mass is 16.5. The molecule has 0 radical (unpaired) electrons. The van der Waals surface area contributed by atoms with E-state index in [2.05, 4.69) is 6.92 Å². The molecule has 1 heterocycles. The van der Waals surface area contributed by atoms with Gasteiger partial charge in [0.05, 0.1) is 12.0 Å². The molecule has 3 aliphatic rings. The van der Waals surface area contributed by atoms with Gasteiger partial charge in [0.15, 0.2) is 0 Å². The first-order chi connectivity index (χ1) is 10.5. The van der Waals surface area contributed by atoms with Crippen molar-refractivity contribution in [1.29, 1.82) is 0 Å². The fourth-order valence-electron chi connectivity index (χ4n) is 4.25. The minimum Gasteiger partial charge on any atom is -0.481 e. The van der Waals surface area contributed by atoms with Crippen LogP contribution in [-0.2, 0) is 14.3 Å². The van der Waals surface area contributed by atoms with Crippen molar-refractivity contribution in [3.63, 3.8) is 0 Å². The SMILES string of the molecule is CC1CCCCC1OCC(=O)N1CCC2(CC1)CC2C(=O)O. The molecule has 3 fully saturated rings. The molecule has 0 aromatic carbocycles. The van der Waals surface area contributed by atoms with Crippen molar-refractivity contribution >= 4 is 11.9 Å². The molecule has 2 aliphatic carbocycles. The van der Waals surface area contributed by atoms with E-state index >= 15 is 0 Å². The topological polar surface area (TPSA) is 66.8 Å². The predicted octanol–water partition coefficient (Wildman–Crippen LogP) is 2.29. The highest BCUT2D eigenvalue weighted by Gasteiger charge is 2.59. The van der Waals surface area contributed by atoms with E-state index in [0.717, 1.165) is 25.7 Å². The highest BCUT2D eigenvalue weighted by molar-refractivity contribution is 5.78. The lowest BCUT2D eigenvalue weighted by Crippen LogP contribution is -2.42. The van der Waals surface area contributed by atoms with Crippen molar-refractivity contribution in [2.24, 2.45) is 17.3 Å². The van der Waals surface area contributed by atoms with Gasteiger partial charge in [0, 0.05) is 13.1 Å². The average molecular weight is 309 g/mol. The summed E-state index contributed by atoms with van der Waals surface area (Å²) in [5.41, 5.74) is -0.0125. The summed E-state index contributed by atoms with van der Waals surface area (Å²) in [7, 11) is 0. The lowest BCUT2D eigenvalue weighted by Gasteiger charge is -2.34. The molecular formula is C17H27NO4. The summed E-state index contributed by atoms with van der Waals surface area (Å²) in [6, 6.07) is 0. The van der Waals surface area contributed by atoms with Crippen LogP contribution in [0.25, 0.3) is 0 Å². The lowest BCUT2D eigenvalue weighted by molar-refractivity contribution is -0.142. The van der Waals surface area contributed by atoms with Crippen LogP contribution >= 0.6 is 0 Å². The van der Waals surface area contributed by atoms with Gasteiger partial charge in [-0.25, -0.2) is 0 Å². The van der Waals surface area contributed by atoms with Crippen molar-refractivity contribution in [1.82, 2.24) is 4.90 Å². The number of hydrogen-bond donors (Lipinski definition) is 1. The molecule has 1 amide bonds. The van der Waals surface area contributed by atoms with Gasteiger partial charge in [0.2, 0.25) is 5.91 Å². The van der Waals surface area contributed by atoms with E-state index in [1.54, 1.807) is 0 Å². The maximum absolute atomic E-state index is 12.3. The summed E-state index contributed by atoms with van der Waals surface area (Å²) in [6.45, 7) is 3.76. The molecule has 1 aliphatic heterocycles. The van der Waals surface area contributed by atoms with Crippen LogP contribution in [0.4, 0.5) is 0 Å². The van der Waals surface area contributed by atoms with Crippen molar-refractivity contribution in [3.05, 3.63) is 0 Å². The van der Waals surface area contributed by atoms with Gasteiger partial charge in [0.25, 0.3) is 0 Å². The van der Waals surface area contributed by atoms with E-state index in [0.29, 0.717) is 19.0 Å². The van der Waals surface area contributed by atoms with Crippen LogP contribution in [0.15, 0.2) is 0 Å². The Bertz CT molecular complexity index is 442. The van der Waals surface area contributed by atoms with Crippen LogP contribution < -0.4 is 0 Å². The van der Waals surface area contributed by atoms with Gasteiger partial charge in [-0.1, -0.05) is 19.8 Å². The number of carboxylic acids is 1. The number of nitrogens with zero attached hydrogens (tertiary/aromatic N) is 1. The number of ether oxygens (including phenoxy) is 1. The second-order valence-corrected chi connectivity index (χ2v) is 7.45. The van der Waals surface area contributed by atoms with Gasteiger partial charge in [0.1, 0.15) is 6.61 Å². The number of rotatable bonds is 4. The van der Waals surface area contributed by atoms with Crippen molar-refractivity contribution in [2.75, 3.05) is 19.7 Å². The molecule has 3 rings (SSSR count). The Hall–Kier alpha value is -1.10. The first-order valence-electron chi connectivity index (χ1n) is 8.64. The van der Waals surface area contributed by atoms with Crippen LogP contribution in [-0.4, -0.2) is 47.7 Å². The quantitative estimate of drug-likeness (QED) is 0.865. The molecule has 5 heteroatoms. The molecule has 1 saturated heterocycles. The van der Waals surface area contributed by atoms with Crippen LogP contribution in [0.3, 0.4) is 0 Å². The molecule has 0 aromatic rings. The molecule has 5 nitrogen and oxygen atoms in total. The monoisotopic (exact) mass is 309 g/mol. The highest BCUT2D eigenvalue weighted by Crippen LogP contribution is 2.59. The van der Waals surface area contributed by atoms with Crippen LogP contribution in [0.1, 0.15) is 51.9 Å². The smallest absolute Gasteiger partial charge is 0.307 e. The molecule has 0 aromatic heterocycles. The van der Waals surface area contributed by atoms with Crippen molar-refractivity contribution in [2.45, 2.75) is 58.0 Å². The third kappa shape index (κ3) is 3.14. The normalized spacial score (nSPS) is 33.7. The van der Waals surface area contributed by atoms with Crippen LogP contribution in [0.5, 0.6) is 0 Å². The zero-order valence-electron chi connectivity index (χ0n) is 13.4. The Balaban J connectivity index is 1.42. The molecule has 1 spiro atoms. The Kier molecular flexibility index (Phi) is 4.44. The number of aliphatic carboxylic acids is 1. The average Bonchev–Trinajstić information content (AvgIpc) is 3.21. The van der Waals surface area contributed by atoms with E-state index in [4.69, 9.17) is 9.84 Å². The summed E-state index contributed by atoms with van der Waals surface area (Å²) >= 11 is 0. The van der Waals surface area contributed by atoms with Crippen molar-refractivity contribution in [3.8, 4) is 0 Å². The Labute approximate surface area is 132 Å². The number of carboxylic acid groups (broad SMARTS) is 1. The fourth-order valence-corrected chi connectivity index (χ4v) is 4.25. The Morgan fingerprint density at radius 2 is 1.91 bits per heavy atom. The fraction of sp³-hybridized carbons (Fsp3) is 0.882. The molecule has 124 valence electrons. The third-order valence-electron chi connectivity index (χ3n) is 6.05. The van der Waals surface area contributed by atoms with Crippen LogP contribution in [0.2, 0.25) is 0 Å². The zero-order valence-corrected chi connectivity index (χ0v) is 13.4. The summed E-state index contributed by atoms with van der Waals surface area (Å²) in [6.07, 6.45) is 7.42. The minimum atomic E-state index is -0.672. The minimum absolute atomic E-state index is 0.0125. The van der Waals surface area contributed by atoms with Gasteiger partial charge in [-0.15, -0.1) is 0 Å². The van der Waals surface area contributed by atoms with E-state index in [1.165, 1.54) is 19.3 Å². The standard InChI is InChI=1S/C17H27NO4/c1-12-4-2-3-5-14(12)22-11-15(19)18-8-6-17(7-9-18)10-13(17)16(20)21/h12-14H,2-11H2,1H3,(H,20,21). The van der Waals surface area contributed by atoms with Gasteiger partial charge < -0.3 is 14.7 Å². The van der Waals surface area contributed by atoms with Crippen LogP contribution in [0, 0.1) is 17.3 Å². The number of carbonyl (C=O) groups excluding carboxylic acids is 1. The summed E-state index contributed by atoms with van der Waals surface area (Å²) in [4.78, 5) is 25.2. The van der Waals surface area contributed by atoms with Gasteiger partial charge in [-0.05, 0) is 43.4 Å².